The molecule has 2 N–H and O–H groups in total. The number of halogens is 1. The zero-order valence-corrected chi connectivity index (χ0v) is 12.7. The molecule has 2 rings (SSSR count). The summed E-state index contributed by atoms with van der Waals surface area (Å²) in [6, 6.07) is 4.93. The van der Waals surface area contributed by atoms with Crippen molar-refractivity contribution < 1.29 is 8.42 Å². The number of piperidine rings is 1. The maximum atomic E-state index is 12.4. The van der Waals surface area contributed by atoms with Crippen molar-refractivity contribution in [2.75, 3.05) is 13.1 Å². The second-order valence-corrected chi connectivity index (χ2v) is 7.22. The highest BCUT2D eigenvalue weighted by Gasteiger charge is 2.27. The van der Waals surface area contributed by atoms with Crippen molar-refractivity contribution in [1.29, 1.82) is 0 Å². The quantitative estimate of drug-likeness (QED) is 0.897. The van der Waals surface area contributed by atoms with E-state index in [2.05, 4.69) is 17.0 Å². The normalized spacial score (nSPS) is 24.4. The van der Waals surface area contributed by atoms with Gasteiger partial charge in [0.15, 0.2) is 0 Å². The van der Waals surface area contributed by atoms with E-state index in [4.69, 9.17) is 11.6 Å². The highest BCUT2D eigenvalue weighted by molar-refractivity contribution is 7.89. The molecule has 4 nitrogen and oxygen atoms in total. The summed E-state index contributed by atoms with van der Waals surface area (Å²) in [5.74, 6) is 0.319. The van der Waals surface area contributed by atoms with Crippen LogP contribution in [-0.2, 0) is 10.0 Å². The Hall–Kier alpha value is -0.620. The molecule has 0 amide bonds. The molecule has 0 saturated carbocycles. The fourth-order valence-electron chi connectivity index (χ4n) is 2.23. The second-order valence-electron chi connectivity index (χ2n) is 5.13. The van der Waals surface area contributed by atoms with Gasteiger partial charge in [-0.15, -0.1) is 0 Å². The van der Waals surface area contributed by atoms with E-state index in [1.54, 1.807) is 18.2 Å². The van der Waals surface area contributed by atoms with E-state index in [0.29, 0.717) is 12.5 Å². The van der Waals surface area contributed by atoms with Crippen molar-refractivity contribution >= 4 is 21.6 Å². The Balaban J connectivity index is 2.24. The van der Waals surface area contributed by atoms with Crippen LogP contribution in [0, 0.1) is 12.8 Å². The molecule has 0 radical (unpaired) electrons. The molecule has 1 aliphatic heterocycles. The predicted octanol–water partition coefficient (Wildman–Crippen LogP) is 1.92. The Bertz CT molecular complexity index is 560. The fourth-order valence-corrected chi connectivity index (χ4v) is 4.16. The largest absolute Gasteiger partial charge is 0.315 e. The van der Waals surface area contributed by atoms with E-state index in [1.807, 2.05) is 6.92 Å². The molecule has 1 aromatic carbocycles. The Morgan fingerprint density at radius 3 is 2.84 bits per heavy atom. The fraction of sp³-hybridized carbons (Fsp3) is 0.538. The molecule has 19 heavy (non-hydrogen) atoms. The summed E-state index contributed by atoms with van der Waals surface area (Å²) in [5, 5.41) is 3.46. The Morgan fingerprint density at radius 2 is 2.16 bits per heavy atom. The van der Waals surface area contributed by atoms with Crippen LogP contribution >= 0.6 is 11.6 Å². The third-order valence-electron chi connectivity index (χ3n) is 3.51. The van der Waals surface area contributed by atoms with Crippen molar-refractivity contribution in [1.82, 2.24) is 10.0 Å². The predicted molar refractivity (Wildman–Crippen MR) is 76.9 cm³/mol. The average Bonchev–Trinajstić information content (AvgIpc) is 2.35. The number of sulfonamides is 1. The first kappa shape index (κ1) is 14.8. The van der Waals surface area contributed by atoms with Crippen molar-refractivity contribution in [2.24, 2.45) is 5.92 Å². The maximum Gasteiger partial charge on any atom is 0.242 e. The molecular weight excluding hydrogens is 284 g/mol. The smallest absolute Gasteiger partial charge is 0.242 e. The van der Waals surface area contributed by atoms with Crippen LogP contribution in [-0.4, -0.2) is 27.5 Å². The van der Waals surface area contributed by atoms with Gasteiger partial charge in [0.2, 0.25) is 10.0 Å². The molecule has 0 spiro atoms. The minimum atomic E-state index is -3.57. The first-order valence-electron chi connectivity index (χ1n) is 6.39. The van der Waals surface area contributed by atoms with Gasteiger partial charge in [-0.05, 0) is 43.5 Å². The standard InChI is InChI=1S/C13H19ClN2O2S/c1-9-3-4-11(14)13(7-9)19(17,18)16-12-8-15-6-5-10(12)2/h3-4,7,10,12,15-16H,5-6,8H2,1-2H3. The lowest BCUT2D eigenvalue weighted by Crippen LogP contribution is -2.50. The van der Waals surface area contributed by atoms with E-state index < -0.39 is 10.0 Å². The molecule has 1 aliphatic rings. The third-order valence-corrected chi connectivity index (χ3v) is 5.48. The number of nitrogens with one attached hydrogen (secondary N) is 2. The molecule has 2 unspecified atom stereocenters. The van der Waals surface area contributed by atoms with E-state index in [9.17, 15) is 8.42 Å². The summed E-state index contributed by atoms with van der Waals surface area (Å²) in [7, 11) is -3.57. The van der Waals surface area contributed by atoms with Crippen LogP contribution in [0.4, 0.5) is 0 Å². The van der Waals surface area contributed by atoms with Crippen LogP contribution in [0.2, 0.25) is 5.02 Å². The summed E-state index contributed by atoms with van der Waals surface area (Å²) in [6.07, 6.45) is 0.967. The van der Waals surface area contributed by atoms with Gasteiger partial charge in [-0.3, -0.25) is 0 Å². The number of aryl methyl sites for hydroxylation is 1. The van der Waals surface area contributed by atoms with Crippen LogP contribution < -0.4 is 10.0 Å². The van der Waals surface area contributed by atoms with Gasteiger partial charge in [0.1, 0.15) is 4.90 Å². The monoisotopic (exact) mass is 302 g/mol. The molecule has 2 atom stereocenters. The summed E-state index contributed by atoms with van der Waals surface area (Å²) < 4.78 is 27.5. The maximum absolute atomic E-state index is 12.4. The number of benzene rings is 1. The molecular formula is C13H19ClN2O2S. The lowest BCUT2D eigenvalue weighted by molar-refractivity contribution is 0.327. The first-order chi connectivity index (χ1) is 8.90. The topological polar surface area (TPSA) is 58.2 Å². The van der Waals surface area contributed by atoms with Crippen LogP contribution in [0.1, 0.15) is 18.9 Å². The van der Waals surface area contributed by atoms with Crippen LogP contribution in [0.3, 0.4) is 0 Å². The van der Waals surface area contributed by atoms with Gasteiger partial charge in [0.25, 0.3) is 0 Å². The van der Waals surface area contributed by atoms with E-state index in [1.165, 1.54) is 0 Å². The van der Waals surface area contributed by atoms with E-state index >= 15 is 0 Å². The number of hydrogen-bond acceptors (Lipinski definition) is 3. The molecule has 1 aromatic rings. The van der Waals surface area contributed by atoms with Crippen LogP contribution in [0.15, 0.2) is 23.1 Å². The summed E-state index contributed by atoms with van der Waals surface area (Å²) in [4.78, 5) is 0.159. The molecule has 6 heteroatoms. The van der Waals surface area contributed by atoms with Crippen molar-refractivity contribution in [3.8, 4) is 0 Å². The number of hydrogen-bond donors (Lipinski definition) is 2. The van der Waals surface area contributed by atoms with Crippen LogP contribution in [0.25, 0.3) is 0 Å². The highest BCUT2D eigenvalue weighted by Crippen LogP contribution is 2.23. The lowest BCUT2D eigenvalue weighted by Gasteiger charge is -2.30. The van der Waals surface area contributed by atoms with Gasteiger partial charge < -0.3 is 5.32 Å². The Kier molecular flexibility index (Phi) is 4.50. The minimum absolute atomic E-state index is 0.0877. The molecule has 0 aliphatic carbocycles. The van der Waals surface area contributed by atoms with E-state index in [0.717, 1.165) is 18.5 Å². The van der Waals surface area contributed by atoms with Gasteiger partial charge in [-0.1, -0.05) is 24.6 Å². The van der Waals surface area contributed by atoms with Gasteiger partial charge in [-0.25, -0.2) is 13.1 Å². The van der Waals surface area contributed by atoms with Gasteiger partial charge in [0, 0.05) is 12.6 Å². The Morgan fingerprint density at radius 1 is 1.42 bits per heavy atom. The van der Waals surface area contributed by atoms with Crippen LogP contribution in [0.5, 0.6) is 0 Å². The van der Waals surface area contributed by atoms with E-state index in [-0.39, 0.29) is 16.0 Å². The van der Waals surface area contributed by atoms with Crippen molar-refractivity contribution in [3.63, 3.8) is 0 Å². The van der Waals surface area contributed by atoms with Crippen molar-refractivity contribution in [2.45, 2.75) is 31.2 Å². The SMILES string of the molecule is Cc1ccc(Cl)c(S(=O)(=O)NC2CNCCC2C)c1. The summed E-state index contributed by atoms with van der Waals surface area (Å²) in [5.41, 5.74) is 0.875. The van der Waals surface area contributed by atoms with Crippen molar-refractivity contribution in [3.05, 3.63) is 28.8 Å². The number of rotatable bonds is 3. The zero-order chi connectivity index (χ0) is 14.0. The molecule has 1 saturated heterocycles. The summed E-state index contributed by atoms with van der Waals surface area (Å²) >= 11 is 6.00. The molecule has 1 heterocycles. The molecule has 0 bridgehead atoms. The minimum Gasteiger partial charge on any atom is -0.315 e. The molecule has 1 fully saturated rings. The second kappa shape index (κ2) is 5.79. The highest BCUT2D eigenvalue weighted by atomic mass is 35.5. The lowest BCUT2D eigenvalue weighted by atomic mass is 9.96. The van der Waals surface area contributed by atoms with Gasteiger partial charge in [0.05, 0.1) is 5.02 Å². The summed E-state index contributed by atoms with van der Waals surface area (Å²) in [6.45, 7) is 5.50. The zero-order valence-electron chi connectivity index (χ0n) is 11.1. The Labute approximate surface area is 119 Å². The van der Waals surface area contributed by atoms with Gasteiger partial charge in [-0.2, -0.15) is 0 Å². The van der Waals surface area contributed by atoms with Gasteiger partial charge >= 0.3 is 0 Å². The average molecular weight is 303 g/mol. The third kappa shape index (κ3) is 3.48. The molecule has 0 aromatic heterocycles. The first-order valence-corrected chi connectivity index (χ1v) is 8.25. The molecule has 106 valence electrons.